The second-order valence-electron chi connectivity index (χ2n) is 6.83. The Morgan fingerprint density at radius 1 is 1.21 bits per heavy atom. The molecule has 28 heavy (non-hydrogen) atoms. The highest BCUT2D eigenvalue weighted by atomic mass is 127. The van der Waals surface area contributed by atoms with Crippen molar-refractivity contribution in [1.82, 2.24) is 5.32 Å². The van der Waals surface area contributed by atoms with Gasteiger partial charge in [-0.3, -0.25) is 0 Å². The largest absolute Gasteiger partial charge is 0.490 e. The number of hydrogen-bond acceptors (Lipinski definition) is 3. The van der Waals surface area contributed by atoms with Crippen molar-refractivity contribution in [3.8, 4) is 16.9 Å². The van der Waals surface area contributed by atoms with Crippen molar-refractivity contribution in [3.05, 3.63) is 53.6 Å². The third-order valence-electron chi connectivity index (χ3n) is 4.59. The zero-order valence-electron chi connectivity index (χ0n) is 16.6. The summed E-state index contributed by atoms with van der Waals surface area (Å²) in [6.07, 6.45) is 2.17. The summed E-state index contributed by atoms with van der Waals surface area (Å²) in [4.78, 5) is 4.40. The monoisotopic (exact) mass is 495 g/mol. The third kappa shape index (κ3) is 6.38. The lowest BCUT2D eigenvalue weighted by Crippen LogP contribution is -2.32. The first-order valence-corrected chi connectivity index (χ1v) is 9.66. The number of guanidine groups is 1. The normalized spacial score (nSPS) is 15.5. The van der Waals surface area contributed by atoms with E-state index in [-0.39, 0.29) is 30.1 Å². The summed E-state index contributed by atoms with van der Waals surface area (Å²) in [7, 11) is 0. The smallest absolute Gasteiger partial charge is 0.188 e. The summed E-state index contributed by atoms with van der Waals surface area (Å²) in [5, 5.41) is 3.11. The summed E-state index contributed by atoms with van der Waals surface area (Å²) < 4.78 is 11.1. The molecule has 0 fully saturated rings. The molecule has 5 nitrogen and oxygen atoms in total. The minimum atomic E-state index is 0. The summed E-state index contributed by atoms with van der Waals surface area (Å²) in [5.41, 5.74) is 10.8. The number of benzene rings is 2. The molecule has 1 unspecified atom stereocenters. The van der Waals surface area contributed by atoms with Crippen molar-refractivity contribution in [3.63, 3.8) is 0 Å². The van der Waals surface area contributed by atoms with Gasteiger partial charge in [-0.05, 0) is 54.7 Å². The second-order valence-corrected chi connectivity index (χ2v) is 6.83. The van der Waals surface area contributed by atoms with E-state index in [4.69, 9.17) is 15.2 Å². The van der Waals surface area contributed by atoms with E-state index < -0.39 is 0 Å². The van der Waals surface area contributed by atoms with E-state index in [9.17, 15) is 0 Å². The lowest BCUT2D eigenvalue weighted by Gasteiger charge is -2.07. The molecule has 0 spiro atoms. The van der Waals surface area contributed by atoms with Gasteiger partial charge in [0, 0.05) is 26.2 Å². The van der Waals surface area contributed by atoms with Gasteiger partial charge in [0.1, 0.15) is 11.9 Å². The molecule has 0 amide bonds. The second kappa shape index (κ2) is 11.3. The lowest BCUT2D eigenvalue weighted by atomic mass is 10.00. The lowest BCUT2D eigenvalue weighted by molar-refractivity contribution is 0.145. The SMILES string of the molecule is CCOCCCNC(N)=NCc1ccc(-c2ccc3c(c2)CC(C)O3)cc1.I. The molecule has 1 heterocycles. The van der Waals surface area contributed by atoms with Crippen LogP contribution in [0.4, 0.5) is 0 Å². The number of halogens is 1. The van der Waals surface area contributed by atoms with Crippen molar-refractivity contribution in [2.24, 2.45) is 10.7 Å². The number of ether oxygens (including phenoxy) is 2. The van der Waals surface area contributed by atoms with Crippen molar-refractivity contribution in [1.29, 1.82) is 0 Å². The van der Waals surface area contributed by atoms with Gasteiger partial charge < -0.3 is 20.5 Å². The molecule has 2 aromatic rings. The van der Waals surface area contributed by atoms with E-state index in [1.54, 1.807) is 0 Å². The van der Waals surface area contributed by atoms with Crippen LogP contribution in [0.15, 0.2) is 47.5 Å². The maximum atomic E-state index is 5.91. The molecule has 0 aliphatic carbocycles. The molecule has 3 N–H and O–H groups in total. The Hall–Kier alpha value is -1.80. The molecule has 1 aliphatic rings. The molecule has 0 bridgehead atoms. The Balaban J connectivity index is 0.00000280. The van der Waals surface area contributed by atoms with Crippen molar-refractivity contribution < 1.29 is 9.47 Å². The summed E-state index contributed by atoms with van der Waals surface area (Å²) >= 11 is 0. The molecule has 0 saturated carbocycles. The fourth-order valence-electron chi connectivity index (χ4n) is 3.17. The predicted octanol–water partition coefficient (Wildman–Crippen LogP) is 4.13. The number of nitrogens with two attached hydrogens (primary N) is 1. The van der Waals surface area contributed by atoms with Crippen LogP contribution in [-0.2, 0) is 17.7 Å². The quantitative estimate of drug-likeness (QED) is 0.250. The maximum Gasteiger partial charge on any atom is 0.188 e. The van der Waals surface area contributed by atoms with Crippen LogP contribution in [0.3, 0.4) is 0 Å². The Morgan fingerprint density at radius 2 is 1.96 bits per heavy atom. The summed E-state index contributed by atoms with van der Waals surface area (Å²) in [5.74, 6) is 1.49. The topological polar surface area (TPSA) is 68.9 Å². The minimum Gasteiger partial charge on any atom is -0.490 e. The number of aliphatic imine (C=N–C) groups is 1. The molecule has 1 aliphatic heterocycles. The number of hydrogen-bond donors (Lipinski definition) is 2. The Labute approximate surface area is 184 Å². The average Bonchev–Trinajstić information content (AvgIpc) is 3.06. The molecule has 152 valence electrons. The van der Waals surface area contributed by atoms with Crippen molar-refractivity contribution in [2.45, 2.75) is 39.3 Å². The molecule has 2 aromatic carbocycles. The number of nitrogens with zero attached hydrogens (tertiary/aromatic N) is 1. The van der Waals surface area contributed by atoms with Crippen LogP contribution in [0.1, 0.15) is 31.4 Å². The van der Waals surface area contributed by atoms with Crippen LogP contribution in [-0.4, -0.2) is 31.8 Å². The molecule has 3 rings (SSSR count). The van der Waals surface area contributed by atoms with Gasteiger partial charge in [-0.15, -0.1) is 24.0 Å². The highest BCUT2D eigenvalue weighted by Crippen LogP contribution is 2.32. The Morgan fingerprint density at radius 3 is 2.71 bits per heavy atom. The molecule has 0 radical (unpaired) electrons. The van der Waals surface area contributed by atoms with Gasteiger partial charge in [0.15, 0.2) is 5.96 Å². The standard InChI is InChI=1S/C22H29N3O2.HI/c1-3-26-12-4-11-24-22(23)25-15-17-5-7-18(8-6-17)19-9-10-21-20(14-19)13-16(2)27-21;/h5-10,14,16H,3-4,11-13,15H2,1-2H3,(H3,23,24,25);1H. The van der Waals surface area contributed by atoms with Crippen LogP contribution < -0.4 is 15.8 Å². The van der Waals surface area contributed by atoms with Gasteiger partial charge in [-0.1, -0.05) is 30.3 Å². The van der Waals surface area contributed by atoms with Gasteiger partial charge in [-0.2, -0.15) is 0 Å². The molecule has 1 atom stereocenters. The van der Waals surface area contributed by atoms with Crippen LogP contribution in [0, 0.1) is 0 Å². The zero-order chi connectivity index (χ0) is 19.1. The van der Waals surface area contributed by atoms with Gasteiger partial charge in [-0.25, -0.2) is 4.99 Å². The minimum absolute atomic E-state index is 0. The summed E-state index contributed by atoms with van der Waals surface area (Å²) in [6.45, 7) is 6.93. The molecule has 0 saturated heterocycles. The Bertz CT molecular complexity index is 778. The van der Waals surface area contributed by atoms with Crippen LogP contribution in [0.2, 0.25) is 0 Å². The average molecular weight is 495 g/mol. The van der Waals surface area contributed by atoms with Gasteiger partial charge in [0.2, 0.25) is 0 Å². The van der Waals surface area contributed by atoms with E-state index in [0.29, 0.717) is 12.5 Å². The fraction of sp³-hybridized carbons (Fsp3) is 0.409. The number of nitrogens with one attached hydrogen (secondary N) is 1. The van der Waals surface area contributed by atoms with Crippen molar-refractivity contribution >= 4 is 29.9 Å². The van der Waals surface area contributed by atoms with E-state index in [1.165, 1.54) is 16.7 Å². The van der Waals surface area contributed by atoms with Crippen molar-refractivity contribution in [2.75, 3.05) is 19.8 Å². The summed E-state index contributed by atoms with van der Waals surface area (Å²) in [6, 6.07) is 14.9. The van der Waals surface area contributed by atoms with E-state index in [1.807, 2.05) is 6.92 Å². The number of rotatable bonds is 8. The molecule has 6 heteroatoms. The van der Waals surface area contributed by atoms with E-state index in [2.05, 4.69) is 59.7 Å². The first kappa shape index (κ1) is 22.5. The van der Waals surface area contributed by atoms with Crippen LogP contribution in [0.5, 0.6) is 5.75 Å². The first-order valence-electron chi connectivity index (χ1n) is 9.66. The van der Waals surface area contributed by atoms with E-state index >= 15 is 0 Å². The van der Waals surface area contributed by atoms with Gasteiger partial charge in [0.25, 0.3) is 0 Å². The Kier molecular flexibility index (Phi) is 9.05. The highest BCUT2D eigenvalue weighted by Gasteiger charge is 2.19. The molecule has 0 aromatic heterocycles. The number of fused-ring (bicyclic) bond motifs is 1. The molecular weight excluding hydrogens is 465 g/mol. The third-order valence-corrected chi connectivity index (χ3v) is 4.59. The first-order chi connectivity index (χ1) is 13.2. The van der Waals surface area contributed by atoms with Gasteiger partial charge in [0.05, 0.1) is 6.54 Å². The van der Waals surface area contributed by atoms with Gasteiger partial charge >= 0.3 is 0 Å². The molecular formula is C22H30IN3O2. The maximum absolute atomic E-state index is 5.91. The van der Waals surface area contributed by atoms with Crippen LogP contribution in [0.25, 0.3) is 11.1 Å². The highest BCUT2D eigenvalue weighted by molar-refractivity contribution is 14.0. The fourth-order valence-corrected chi connectivity index (χ4v) is 3.17. The predicted molar refractivity (Wildman–Crippen MR) is 126 cm³/mol. The zero-order valence-corrected chi connectivity index (χ0v) is 18.9. The van der Waals surface area contributed by atoms with Crippen LogP contribution >= 0.6 is 24.0 Å². The van der Waals surface area contributed by atoms with E-state index in [0.717, 1.165) is 43.9 Å².